The van der Waals surface area contributed by atoms with Gasteiger partial charge >= 0.3 is 0 Å². The molecule has 0 saturated carbocycles. The monoisotopic (exact) mass is 222 g/mol. The molecule has 4 nitrogen and oxygen atoms in total. The second-order valence-electron chi connectivity index (χ2n) is 2.03. The molecule has 0 aromatic carbocycles. The highest BCUT2D eigenvalue weighted by atomic mass is 79.9. The lowest BCUT2D eigenvalue weighted by atomic mass is 10.0. The summed E-state index contributed by atoms with van der Waals surface area (Å²) in [6.07, 6.45) is 1.96. The molecule has 1 atom stereocenters. The molecule has 64 valence electrons. The molecule has 0 saturated heterocycles. The quantitative estimate of drug-likeness (QED) is 0.329. The number of nitrogens with zero attached hydrogens (tertiary/aromatic N) is 2. The van der Waals surface area contributed by atoms with E-state index in [0.717, 1.165) is 12.6 Å². The Labute approximate surface area is 73.7 Å². The number of halogens is 1. The lowest BCUT2D eigenvalue weighted by Gasteiger charge is -2.07. The third kappa shape index (κ3) is 3.36. The first kappa shape index (κ1) is 10.4. The van der Waals surface area contributed by atoms with Crippen molar-refractivity contribution in [2.75, 3.05) is 5.33 Å². The lowest BCUT2D eigenvalue weighted by Crippen LogP contribution is -2.16. The van der Waals surface area contributed by atoms with Gasteiger partial charge in [-0.1, -0.05) is 33.2 Å². The third-order valence-corrected chi connectivity index (χ3v) is 2.18. The van der Waals surface area contributed by atoms with E-state index >= 15 is 0 Å². The van der Waals surface area contributed by atoms with E-state index in [4.69, 9.17) is 10.4 Å². The average Bonchev–Trinajstić information content (AvgIpc) is 2.05. The first-order chi connectivity index (χ1) is 5.29. The molecule has 2 N–H and O–H groups in total. The zero-order chi connectivity index (χ0) is 8.69. The number of hydrogen-bond donors (Lipinski definition) is 2. The molecular formula is C6H11BrN2O2. The third-order valence-electron chi connectivity index (χ3n) is 1.40. The molecule has 0 rings (SSSR count). The minimum absolute atomic E-state index is 0.0934. The van der Waals surface area contributed by atoms with Crippen LogP contribution >= 0.6 is 15.9 Å². The summed E-state index contributed by atoms with van der Waals surface area (Å²) in [6.45, 7) is 1.96. The average molecular weight is 223 g/mol. The van der Waals surface area contributed by atoms with E-state index < -0.39 is 0 Å². The van der Waals surface area contributed by atoms with Crippen LogP contribution in [0.4, 0.5) is 0 Å². The Hall–Kier alpha value is -0.580. The molecule has 0 radical (unpaired) electrons. The highest BCUT2D eigenvalue weighted by Crippen LogP contribution is 2.07. The van der Waals surface area contributed by atoms with Crippen LogP contribution < -0.4 is 0 Å². The zero-order valence-corrected chi connectivity index (χ0v) is 7.82. The van der Waals surface area contributed by atoms with Gasteiger partial charge < -0.3 is 10.4 Å². The molecular weight excluding hydrogens is 212 g/mol. The summed E-state index contributed by atoms with van der Waals surface area (Å²) in [7, 11) is 0. The van der Waals surface area contributed by atoms with Gasteiger partial charge in [0.2, 0.25) is 0 Å². The van der Waals surface area contributed by atoms with E-state index in [1.807, 2.05) is 6.92 Å². The maximum atomic E-state index is 8.45. The largest absolute Gasteiger partial charge is 0.411 e. The summed E-state index contributed by atoms with van der Waals surface area (Å²) in [5, 5.41) is 23.1. The fourth-order valence-electron chi connectivity index (χ4n) is 0.669. The minimum atomic E-state index is 0.0934. The molecule has 0 bridgehead atoms. The number of hydrogen-bond acceptors (Lipinski definition) is 4. The van der Waals surface area contributed by atoms with E-state index in [2.05, 4.69) is 26.2 Å². The SMILES string of the molecule is CCC(CBr)C(C=NO)=NO. The van der Waals surface area contributed by atoms with Crippen LogP contribution in [0.1, 0.15) is 13.3 Å². The van der Waals surface area contributed by atoms with Gasteiger partial charge in [-0.05, 0) is 6.42 Å². The van der Waals surface area contributed by atoms with Crippen LogP contribution in [0.15, 0.2) is 10.3 Å². The fourth-order valence-corrected chi connectivity index (χ4v) is 1.46. The van der Waals surface area contributed by atoms with Crippen molar-refractivity contribution < 1.29 is 10.4 Å². The molecule has 0 heterocycles. The van der Waals surface area contributed by atoms with Crippen LogP contribution in [0.2, 0.25) is 0 Å². The fraction of sp³-hybridized carbons (Fsp3) is 0.667. The summed E-state index contributed by atoms with van der Waals surface area (Å²) in [4.78, 5) is 0. The Kier molecular flexibility index (Phi) is 5.83. The predicted molar refractivity (Wildman–Crippen MR) is 47.1 cm³/mol. The van der Waals surface area contributed by atoms with Crippen molar-refractivity contribution in [1.82, 2.24) is 0 Å². The van der Waals surface area contributed by atoms with E-state index in [1.165, 1.54) is 0 Å². The zero-order valence-electron chi connectivity index (χ0n) is 6.24. The number of rotatable bonds is 4. The van der Waals surface area contributed by atoms with Crippen LogP contribution in [0.25, 0.3) is 0 Å². The Morgan fingerprint density at radius 1 is 1.64 bits per heavy atom. The van der Waals surface area contributed by atoms with Crippen LogP contribution in [0.3, 0.4) is 0 Å². The van der Waals surface area contributed by atoms with Crippen molar-refractivity contribution in [2.45, 2.75) is 13.3 Å². The minimum Gasteiger partial charge on any atom is -0.411 e. The van der Waals surface area contributed by atoms with Gasteiger partial charge in [0.25, 0.3) is 0 Å². The van der Waals surface area contributed by atoms with Gasteiger partial charge in [-0.3, -0.25) is 0 Å². The molecule has 11 heavy (non-hydrogen) atoms. The van der Waals surface area contributed by atoms with E-state index in [0.29, 0.717) is 11.0 Å². The Bertz CT molecular complexity index is 155. The highest BCUT2D eigenvalue weighted by molar-refractivity contribution is 9.09. The maximum Gasteiger partial charge on any atom is 0.105 e. The second-order valence-corrected chi connectivity index (χ2v) is 2.68. The first-order valence-electron chi connectivity index (χ1n) is 3.25. The van der Waals surface area contributed by atoms with Gasteiger partial charge in [-0.2, -0.15) is 0 Å². The number of oxime groups is 2. The summed E-state index contributed by atoms with van der Waals surface area (Å²) in [6, 6.07) is 0. The Morgan fingerprint density at radius 2 is 2.27 bits per heavy atom. The van der Waals surface area contributed by atoms with Gasteiger partial charge in [0, 0.05) is 11.2 Å². The van der Waals surface area contributed by atoms with Gasteiger partial charge in [-0.25, -0.2) is 0 Å². The first-order valence-corrected chi connectivity index (χ1v) is 4.37. The number of alkyl halides is 1. The summed E-state index contributed by atoms with van der Waals surface area (Å²) in [5.74, 6) is 0.0934. The van der Waals surface area contributed by atoms with Crippen molar-refractivity contribution in [3.63, 3.8) is 0 Å². The smallest absolute Gasteiger partial charge is 0.105 e. The van der Waals surface area contributed by atoms with E-state index in [1.54, 1.807) is 0 Å². The molecule has 0 amide bonds. The molecule has 1 unspecified atom stereocenters. The van der Waals surface area contributed by atoms with Crippen molar-refractivity contribution in [2.24, 2.45) is 16.2 Å². The maximum absolute atomic E-state index is 8.45. The lowest BCUT2D eigenvalue weighted by molar-refractivity contribution is 0.313. The normalized spacial score (nSPS) is 15.6. The van der Waals surface area contributed by atoms with Crippen LogP contribution in [-0.2, 0) is 0 Å². The molecule has 0 aromatic rings. The van der Waals surface area contributed by atoms with Gasteiger partial charge in [0.1, 0.15) is 5.71 Å². The van der Waals surface area contributed by atoms with Crippen molar-refractivity contribution in [3.8, 4) is 0 Å². The van der Waals surface area contributed by atoms with E-state index in [-0.39, 0.29) is 5.92 Å². The second kappa shape index (κ2) is 6.15. The molecule has 0 fully saturated rings. The molecule has 0 aliphatic heterocycles. The van der Waals surface area contributed by atoms with Crippen molar-refractivity contribution >= 4 is 27.9 Å². The molecule has 0 spiro atoms. The van der Waals surface area contributed by atoms with Crippen LogP contribution in [0.5, 0.6) is 0 Å². The van der Waals surface area contributed by atoms with Crippen molar-refractivity contribution in [1.29, 1.82) is 0 Å². The summed E-state index contributed by atoms with van der Waals surface area (Å²) in [5.41, 5.74) is 0.381. The molecule has 0 aliphatic carbocycles. The Balaban J connectivity index is 4.22. The molecule has 0 aliphatic rings. The molecule has 0 aromatic heterocycles. The van der Waals surface area contributed by atoms with Crippen molar-refractivity contribution in [3.05, 3.63) is 0 Å². The Morgan fingerprint density at radius 3 is 2.55 bits per heavy atom. The van der Waals surface area contributed by atoms with Gasteiger partial charge in [-0.15, -0.1) is 0 Å². The summed E-state index contributed by atoms with van der Waals surface area (Å²) >= 11 is 3.25. The molecule has 5 heteroatoms. The standard InChI is InChI=1S/C6H11BrN2O2/c1-2-5(3-7)6(9-11)4-8-10/h4-5,10-11H,2-3H2,1H3. The van der Waals surface area contributed by atoms with Crippen LogP contribution in [-0.4, -0.2) is 27.7 Å². The predicted octanol–water partition coefficient (Wildman–Crippen LogP) is 1.70. The van der Waals surface area contributed by atoms with Gasteiger partial charge in [0.05, 0.1) is 6.21 Å². The van der Waals surface area contributed by atoms with E-state index in [9.17, 15) is 0 Å². The highest BCUT2D eigenvalue weighted by Gasteiger charge is 2.10. The van der Waals surface area contributed by atoms with Crippen LogP contribution in [0, 0.1) is 5.92 Å². The topological polar surface area (TPSA) is 65.2 Å². The summed E-state index contributed by atoms with van der Waals surface area (Å²) < 4.78 is 0. The van der Waals surface area contributed by atoms with Gasteiger partial charge in [0.15, 0.2) is 0 Å².